The van der Waals surface area contributed by atoms with Crippen molar-refractivity contribution >= 4 is 23.6 Å². The molecule has 1 aliphatic rings. The summed E-state index contributed by atoms with van der Waals surface area (Å²) in [6.07, 6.45) is 0. The summed E-state index contributed by atoms with van der Waals surface area (Å²) in [5, 5.41) is 0. The SMILES string of the molecule is COC(=O)C(=O)N1CCSc2ccc(OC)cc2C1. The Morgan fingerprint density at radius 3 is 2.79 bits per heavy atom. The summed E-state index contributed by atoms with van der Waals surface area (Å²) in [6.45, 7) is 0.920. The summed E-state index contributed by atoms with van der Waals surface area (Å²) in [5.41, 5.74) is 0.985. The first-order chi connectivity index (χ1) is 9.15. The highest BCUT2D eigenvalue weighted by molar-refractivity contribution is 7.99. The van der Waals surface area contributed by atoms with Gasteiger partial charge in [-0.05, 0) is 23.8 Å². The van der Waals surface area contributed by atoms with Gasteiger partial charge in [0.15, 0.2) is 0 Å². The molecule has 0 atom stereocenters. The molecule has 0 aliphatic carbocycles. The van der Waals surface area contributed by atoms with Crippen LogP contribution in [0.4, 0.5) is 0 Å². The van der Waals surface area contributed by atoms with E-state index in [1.54, 1.807) is 18.9 Å². The van der Waals surface area contributed by atoms with Crippen molar-refractivity contribution in [3.8, 4) is 5.75 Å². The Morgan fingerprint density at radius 2 is 2.11 bits per heavy atom. The molecule has 1 amide bonds. The Kier molecular flexibility index (Phi) is 4.31. The van der Waals surface area contributed by atoms with Crippen molar-refractivity contribution in [2.75, 3.05) is 26.5 Å². The number of hydrogen-bond donors (Lipinski definition) is 0. The van der Waals surface area contributed by atoms with Gasteiger partial charge in [0.05, 0.1) is 14.2 Å². The summed E-state index contributed by atoms with van der Waals surface area (Å²) >= 11 is 1.67. The van der Waals surface area contributed by atoms with E-state index >= 15 is 0 Å². The molecule has 0 saturated carbocycles. The highest BCUT2D eigenvalue weighted by Gasteiger charge is 2.25. The molecular formula is C13H15NO4S. The topological polar surface area (TPSA) is 55.8 Å². The van der Waals surface area contributed by atoms with E-state index in [0.717, 1.165) is 22.0 Å². The van der Waals surface area contributed by atoms with Crippen LogP contribution in [-0.4, -0.2) is 43.3 Å². The molecule has 0 N–H and O–H groups in total. The van der Waals surface area contributed by atoms with Crippen LogP contribution in [0.1, 0.15) is 5.56 Å². The molecule has 0 spiro atoms. The van der Waals surface area contributed by atoms with E-state index in [0.29, 0.717) is 13.1 Å². The zero-order chi connectivity index (χ0) is 13.8. The van der Waals surface area contributed by atoms with E-state index in [1.807, 2.05) is 18.2 Å². The second-order valence-electron chi connectivity index (χ2n) is 4.04. The second-order valence-corrected chi connectivity index (χ2v) is 5.18. The van der Waals surface area contributed by atoms with Gasteiger partial charge in [0.25, 0.3) is 0 Å². The summed E-state index contributed by atoms with van der Waals surface area (Å²) in [6, 6.07) is 5.76. The van der Waals surface area contributed by atoms with Gasteiger partial charge < -0.3 is 14.4 Å². The maximum Gasteiger partial charge on any atom is 0.396 e. The zero-order valence-corrected chi connectivity index (χ0v) is 11.7. The Morgan fingerprint density at radius 1 is 1.32 bits per heavy atom. The third-order valence-electron chi connectivity index (χ3n) is 2.89. The van der Waals surface area contributed by atoms with Crippen molar-refractivity contribution in [3.05, 3.63) is 23.8 Å². The fourth-order valence-electron chi connectivity index (χ4n) is 1.89. The van der Waals surface area contributed by atoms with E-state index < -0.39 is 11.9 Å². The van der Waals surface area contributed by atoms with Gasteiger partial charge in [0, 0.05) is 23.7 Å². The first-order valence-corrected chi connectivity index (χ1v) is 6.81. The van der Waals surface area contributed by atoms with Crippen molar-refractivity contribution in [1.82, 2.24) is 4.90 Å². The van der Waals surface area contributed by atoms with Gasteiger partial charge in [-0.25, -0.2) is 4.79 Å². The molecule has 6 heteroatoms. The first kappa shape index (κ1) is 13.7. The third-order valence-corrected chi connectivity index (χ3v) is 3.99. The number of nitrogens with zero attached hydrogens (tertiary/aromatic N) is 1. The lowest BCUT2D eigenvalue weighted by Gasteiger charge is -2.19. The molecular weight excluding hydrogens is 266 g/mol. The lowest BCUT2D eigenvalue weighted by molar-refractivity contribution is -0.158. The number of fused-ring (bicyclic) bond motifs is 1. The predicted molar refractivity (Wildman–Crippen MR) is 71.2 cm³/mol. The average Bonchev–Trinajstić information content (AvgIpc) is 2.66. The number of carbonyl (C=O) groups excluding carboxylic acids is 2. The Labute approximate surface area is 115 Å². The summed E-state index contributed by atoms with van der Waals surface area (Å²) in [7, 11) is 2.81. The van der Waals surface area contributed by atoms with Gasteiger partial charge in [0.1, 0.15) is 5.75 Å². The normalized spacial score (nSPS) is 14.3. The van der Waals surface area contributed by atoms with E-state index in [1.165, 1.54) is 12.0 Å². The highest BCUT2D eigenvalue weighted by atomic mass is 32.2. The van der Waals surface area contributed by atoms with E-state index in [2.05, 4.69) is 4.74 Å². The standard InChI is InChI=1S/C13H15NO4S/c1-17-10-3-4-11-9(7-10)8-14(5-6-19-11)12(15)13(16)18-2/h3-4,7H,5-6,8H2,1-2H3. The Bertz CT molecular complexity index is 503. The van der Waals surface area contributed by atoms with Gasteiger partial charge in [-0.15, -0.1) is 11.8 Å². The molecule has 2 rings (SSSR count). The highest BCUT2D eigenvalue weighted by Crippen LogP contribution is 2.30. The lowest BCUT2D eigenvalue weighted by atomic mass is 10.2. The minimum Gasteiger partial charge on any atom is -0.497 e. The van der Waals surface area contributed by atoms with Crippen LogP contribution in [-0.2, 0) is 20.9 Å². The number of ether oxygens (including phenoxy) is 2. The molecule has 0 bridgehead atoms. The van der Waals surface area contributed by atoms with Gasteiger partial charge in [0.2, 0.25) is 0 Å². The average molecular weight is 281 g/mol. The van der Waals surface area contributed by atoms with Gasteiger partial charge in [-0.3, -0.25) is 4.79 Å². The van der Waals surface area contributed by atoms with Gasteiger partial charge >= 0.3 is 11.9 Å². The Hall–Kier alpha value is -1.69. The van der Waals surface area contributed by atoms with Crippen molar-refractivity contribution in [2.45, 2.75) is 11.4 Å². The van der Waals surface area contributed by atoms with Gasteiger partial charge in [-0.1, -0.05) is 0 Å². The fraction of sp³-hybridized carbons (Fsp3) is 0.385. The Balaban J connectivity index is 2.23. The van der Waals surface area contributed by atoms with Crippen LogP contribution < -0.4 is 4.74 Å². The molecule has 1 heterocycles. The van der Waals surface area contributed by atoms with Crippen LogP contribution in [0.25, 0.3) is 0 Å². The summed E-state index contributed by atoms with van der Waals surface area (Å²) < 4.78 is 9.66. The van der Waals surface area contributed by atoms with Crippen molar-refractivity contribution < 1.29 is 19.1 Å². The molecule has 0 fully saturated rings. The third kappa shape index (κ3) is 3.01. The molecule has 5 nitrogen and oxygen atoms in total. The number of methoxy groups -OCH3 is 2. The van der Waals surface area contributed by atoms with E-state index in [9.17, 15) is 9.59 Å². The molecule has 0 aromatic heterocycles. The van der Waals surface area contributed by atoms with Crippen LogP contribution in [0.5, 0.6) is 5.75 Å². The number of esters is 1. The van der Waals surface area contributed by atoms with Crippen molar-refractivity contribution in [1.29, 1.82) is 0 Å². The molecule has 19 heavy (non-hydrogen) atoms. The molecule has 1 aliphatic heterocycles. The molecule has 0 radical (unpaired) electrons. The monoisotopic (exact) mass is 281 g/mol. The number of hydrogen-bond acceptors (Lipinski definition) is 5. The minimum absolute atomic E-state index is 0.396. The van der Waals surface area contributed by atoms with Crippen LogP contribution in [0.15, 0.2) is 23.1 Å². The van der Waals surface area contributed by atoms with Crippen molar-refractivity contribution in [2.24, 2.45) is 0 Å². The van der Waals surface area contributed by atoms with E-state index in [4.69, 9.17) is 4.74 Å². The number of rotatable bonds is 1. The van der Waals surface area contributed by atoms with Crippen LogP contribution in [0, 0.1) is 0 Å². The largest absolute Gasteiger partial charge is 0.497 e. The zero-order valence-electron chi connectivity index (χ0n) is 10.8. The summed E-state index contributed by atoms with van der Waals surface area (Å²) in [5.74, 6) is 0.0732. The lowest BCUT2D eigenvalue weighted by Crippen LogP contribution is -2.37. The second kappa shape index (κ2) is 5.97. The molecule has 1 aromatic rings. The molecule has 0 unspecified atom stereocenters. The number of amides is 1. The quantitative estimate of drug-likeness (QED) is 0.574. The number of carbonyl (C=O) groups is 2. The molecule has 102 valence electrons. The van der Waals surface area contributed by atoms with Crippen LogP contribution in [0.2, 0.25) is 0 Å². The van der Waals surface area contributed by atoms with E-state index in [-0.39, 0.29) is 0 Å². The van der Waals surface area contributed by atoms with Gasteiger partial charge in [-0.2, -0.15) is 0 Å². The number of benzene rings is 1. The van der Waals surface area contributed by atoms with Crippen LogP contribution in [0.3, 0.4) is 0 Å². The molecule has 1 aromatic carbocycles. The van der Waals surface area contributed by atoms with Crippen molar-refractivity contribution in [3.63, 3.8) is 0 Å². The first-order valence-electron chi connectivity index (χ1n) is 5.82. The predicted octanol–water partition coefficient (Wildman–Crippen LogP) is 1.30. The maximum atomic E-state index is 11.9. The maximum absolute atomic E-state index is 11.9. The summed E-state index contributed by atoms with van der Waals surface area (Å²) in [4.78, 5) is 25.8. The minimum atomic E-state index is -0.823. The van der Waals surface area contributed by atoms with Crippen LogP contribution >= 0.6 is 11.8 Å². The smallest absolute Gasteiger partial charge is 0.396 e. The number of thioether (sulfide) groups is 1. The molecule has 0 saturated heterocycles. The fourth-order valence-corrected chi connectivity index (χ4v) is 2.89.